The lowest BCUT2D eigenvalue weighted by molar-refractivity contribution is -0.138. The Bertz CT molecular complexity index is 329. The SMILES string of the molecule is C=CCCCN1CCNC(CC(=O)NC(C)C)C1=O. The van der Waals surface area contributed by atoms with Crippen molar-refractivity contribution in [1.29, 1.82) is 0 Å². The Labute approximate surface area is 115 Å². The normalized spacial score (nSPS) is 19.6. The fourth-order valence-electron chi connectivity index (χ4n) is 2.17. The molecule has 0 radical (unpaired) electrons. The number of rotatable bonds is 7. The molecule has 0 saturated carbocycles. The molecule has 0 aromatic heterocycles. The van der Waals surface area contributed by atoms with E-state index in [1.54, 1.807) is 0 Å². The van der Waals surface area contributed by atoms with Gasteiger partial charge in [0.15, 0.2) is 0 Å². The van der Waals surface area contributed by atoms with Gasteiger partial charge in [0.2, 0.25) is 11.8 Å². The molecule has 1 aliphatic heterocycles. The molecule has 1 atom stereocenters. The van der Waals surface area contributed by atoms with Crippen molar-refractivity contribution >= 4 is 11.8 Å². The van der Waals surface area contributed by atoms with Gasteiger partial charge in [-0.05, 0) is 26.7 Å². The standard InChI is InChI=1S/C14H25N3O2/c1-4-5-6-8-17-9-7-15-12(14(17)19)10-13(18)16-11(2)3/h4,11-12,15H,1,5-10H2,2-3H3,(H,16,18). The van der Waals surface area contributed by atoms with Crippen LogP contribution in [0.5, 0.6) is 0 Å². The summed E-state index contributed by atoms with van der Waals surface area (Å²) in [4.78, 5) is 25.7. The van der Waals surface area contributed by atoms with Gasteiger partial charge in [-0.25, -0.2) is 0 Å². The first kappa shape index (κ1) is 15.7. The third-order valence-electron chi connectivity index (χ3n) is 3.06. The number of nitrogens with zero attached hydrogens (tertiary/aromatic N) is 1. The van der Waals surface area contributed by atoms with Crippen molar-refractivity contribution in [3.63, 3.8) is 0 Å². The van der Waals surface area contributed by atoms with Gasteiger partial charge in [-0.15, -0.1) is 6.58 Å². The monoisotopic (exact) mass is 267 g/mol. The number of hydrogen-bond donors (Lipinski definition) is 2. The minimum Gasteiger partial charge on any atom is -0.354 e. The minimum atomic E-state index is -0.378. The summed E-state index contributed by atoms with van der Waals surface area (Å²) in [5, 5.41) is 5.94. The molecule has 1 rings (SSSR count). The van der Waals surface area contributed by atoms with Gasteiger partial charge in [-0.2, -0.15) is 0 Å². The van der Waals surface area contributed by atoms with Crippen LogP contribution in [0.4, 0.5) is 0 Å². The molecule has 1 unspecified atom stereocenters. The van der Waals surface area contributed by atoms with Gasteiger partial charge in [0, 0.05) is 25.7 Å². The number of nitrogens with one attached hydrogen (secondary N) is 2. The van der Waals surface area contributed by atoms with E-state index in [9.17, 15) is 9.59 Å². The van der Waals surface area contributed by atoms with Crippen molar-refractivity contribution in [2.24, 2.45) is 0 Å². The zero-order valence-electron chi connectivity index (χ0n) is 11.9. The van der Waals surface area contributed by atoms with Crippen LogP contribution in [0.25, 0.3) is 0 Å². The second kappa shape index (κ2) is 7.94. The number of allylic oxidation sites excluding steroid dienone is 1. The van der Waals surface area contributed by atoms with Gasteiger partial charge in [0.1, 0.15) is 0 Å². The molecule has 1 aliphatic rings. The predicted molar refractivity (Wildman–Crippen MR) is 75.7 cm³/mol. The van der Waals surface area contributed by atoms with Crippen LogP contribution in [-0.4, -0.2) is 48.4 Å². The lowest BCUT2D eigenvalue weighted by Crippen LogP contribution is -2.56. The zero-order chi connectivity index (χ0) is 14.3. The first-order chi connectivity index (χ1) is 9.04. The molecule has 0 aromatic carbocycles. The maximum Gasteiger partial charge on any atom is 0.240 e. The molecular weight excluding hydrogens is 242 g/mol. The first-order valence-corrected chi connectivity index (χ1v) is 6.97. The molecule has 5 heteroatoms. The summed E-state index contributed by atoms with van der Waals surface area (Å²) in [6.45, 7) is 9.71. The van der Waals surface area contributed by atoms with E-state index >= 15 is 0 Å². The average molecular weight is 267 g/mol. The number of piperazine rings is 1. The largest absolute Gasteiger partial charge is 0.354 e. The molecule has 0 aliphatic carbocycles. The fourth-order valence-corrected chi connectivity index (χ4v) is 2.17. The van der Waals surface area contributed by atoms with Gasteiger partial charge in [-0.1, -0.05) is 6.08 Å². The summed E-state index contributed by atoms with van der Waals surface area (Å²) < 4.78 is 0. The number of hydrogen-bond acceptors (Lipinski definition) is 3. The van der Waals surface area contributed by atoms with Crippen LogP contribution >= 0.6 is 0 Å². The molecule has 108 valence electrons. The van der Waals surface area contributed by atoms with E-state index in [-0.39, 0.29) is 30.3 Å². The second-order valence-electron chi connectivity index (χ2n) is 5.19. The van der Waals surface area contributed by atoms with E-state index < -0.39 is 0 Å². The van der Waals surface area contributed by atoms with Crippen LogP contribution in [0.2, 0.25) is 0 Å². The quantitative estimate of drug-likeness (QED) is 0.526. The highest BCUT2D eigenvalue weighted by molar-refractivity contribution is 5.89. The topological polar surface area (TPSA) is 61.4 Å². The highest BCUT2D eigenvalue weighted by atomic mass is 16.2. The molecule has 2 N–H and O–H groups in total. The summed E-state index contributed by atoms with van der Waals surface area (Å²) in [7, 11) is 0. The number of amides is 2. The summed E-state index contributed by atoms with van der Waals surface area (Å²) in [6.07, 6.45) is 3.92. The maximum atomic E-state index is 12.2. The lowest BCUT2D eigenvalue weighted by Gasteiger charge is -2.33. The van der Waals surface area contributed by atoms with E-state index in [1.165, 1.54) is 0 Å². The molecule has 1 heterocycles. The third kappa shape index (κ3) is 5.42. The minimum absolute atomic E-state index is 0.0363. The smallest absolute Gasteiger partial charge is 0.240 e. The van der Waals surface area contributed by atoms with E-state index in [0.29, 0.717) is 0 Å². The number of carbonyl (C=O) groups is 2. The summed E-state index contributed by atoms with van der Waals surface area (Å²) in [5.74, 6) is -0.0389. The van der Waals surface area contributed by atoms with Crippen LogP contribution < -0.4 is 10.6 Å². The van der Waals surface area contributed by atoms with Gasteiger partial charge in [0.25, 0.3) is 0 Å². The molecule has 19 heavy (non-hydrogen) atoms. The zero-order valence-corrected chi connectivity index (χ0v) is 11.9. The van der Waals surface area contributed by atoms with Gasteiger partial charge >= 0.3 is 0 Å². The lowest BCUT2D eigenvalue weighted by atomic mass is 10.1. The molecule has 2 amide bonds. The predicted octanol–water partition coefficient (Wildman–Crippen LogP) is 0.668. The van der Waals surface area contributed by atoms with Gasteiger partial charge < -0.3 is 15.5 Å². The van der Waals surface area contributed by atoms with E-state index in [2.05, 4.69) is 17.2 Å². The highest BCUT2D eigenvalue weighted by Gasteiger charge is 2.29. The van der Waals surface area contributed by atoms with Crippen molar-refractivity contribution in [2.45, 2.75) is 45.2 Å². The molecule has 1 fully saturated rings. The van der Waals surface area contributed by atoms with Crippen molar-refractivity contribution < 1.29 is 9.59 Å². The van der Waals surface area contributed by atoms with Crippen LogP contribution in [0.15, 0.2) is 12.7 Å². The van der Waals surface area contributed by atoms with Gasteiger partial charge in [-0.3, -0.25) is 9.59 Å². The summed E-state index contributed by atoms with van der Waals surface area (Å²) >= 11 is 0. The summed E-state index contributed by atoms with van der Waals surface area (Å²) in [5.41, 5.74) is 0. The Morgan fingerprint density at radius 3 is 3.00 bits per heavy atom. The van der Waals surface area contributed by atoms with Crippen LogP contribution in [0.1, 0.15) is 33.1 Å². The molecule has 0 spiro atoms. The highest BCUT2D eigenvalue weighted by Crippen LogP contribution is 2.07. The maximum absolute atomic E-state index is 12.2. The number of carbonyl (C=O) groups excluding carboxylic acids is 2. The van der Waals surface area contributed by atoms with Crippen molar-refractivity contribution in [3.05, 3.63) is 12.7 Å². The van der Waals surface area contributed by atoms with Crippen LogP contribution in [-0.2, 0) is 9.59 Å². The number of unbranched alkanes of at least 4 members (excludes halogenated alkanes) is 1. The van der Waals surface area contributed by atoms with Crippen LogP contribution in [0, 0.1) is 0 Å². The molecule has 5 nitrogen and oxygen atoms in total. The molecular formula is C14H25N3O2. The molecule has 0 bridgehead atoms. The van der Waals surface area contributed by atoms with E-state index in [1.807, 2.05) is 24.8 Å². The summed E-state index contributed by atoms with van der Waals surface area (Å²) in [6, 6.07) is -0.272. The molecule has 0 aromatic rings. The van der Waals surface area contributed by atoms with Crippen molar-refractivity contribution in [1.82, 2.24) is 15.5 Å². The average Bonchev–Trinajstić information content (AvgIpc) is 2.33. The van der Waals surface area contributed by atoms with E-state index in [4.69, 9.17) is 0 Å². The Kier molecular flexibility index (Phi) is 6.56. The Morgan fingerprint density at radius 1 is 1.63 bits per heavy atom. The first-order valence-electron chi connectivity index (χ1n) is 6.97. The van der Waals surface area contributed by atoms with Crippen molar-refractivity contribution in [3.8, 4) is 0 Å². The Morgan fingerprint density at radius 2 is 2.37 bits per heavy atom. The van der Waals surface area contributed by atoms with Crippen molar-refractivity contribution in [2.75, 3.05) is 19.6 Å². The molecule has 1 saturated heterocycles. The van der Waals surface area contributed by atoms with E-state index in [0.717, 1.165) is 32.5 Å². The fraction of sp³-hybridized carbons (Fsp3) is 0.714. The second-order valence-corrected chi connectivity index (χ2v) is 5.19. The third-order valence-corrected chi connectivity index (χ3v) is 3.06. The Balaban J connectivity index is 2.43. The Hall–Kier alpha value is -1.36. The van der Waals surface area contributed by atoms with Gasteiger partial charge in [0.05, 0.1) is 12.5 Å². The van der Waals surface area contributed by atoms with Crippen LogP contribution in [0.3, 0.4) is 0 Å².